The Bertz CT molecular complexity index is 816. The molecule has 5 rings (SSSR count). The molecular formula is C19H19F3N2O3. The maximum Gasteiger partial charge on any atom is 0.416 e. The van der Waals surface area contributed by atoms with Crippen LogP contribution in [0.5, 0.6) is 0 Å². The highest BCUT2D eigenvalue weighted by Crippen LogP contribution is 2.59. The molecule has 144 valence electrons. The quantitative estimate of drug-likeness (QED) is 0.858. The van der Waals surface area contributed by atoms with Gasteiger partial charge in [-0.3, -0.25) is 4.79 Å². The van der Waals surface area contributed by atoms with Gasteiger partial charge in [-0.05, 0) is 42.9 Å². The van der Waals surface area contributed by atoms with E-state index < -0.39 is 17.8 Å². The zero-order chi connectivity index (χ0) is 19.0. The number of hydrogen-bond donors (Lipinski definition) is 1. The maximum absolute atomic E-state index is 12.8. The summed E-state index contributed by atoms with van der Waals surface area (Å²) < 4.78 is 43.2. The van der Waals surface area contributed by atoms with E-state index in [2.05, 4.69) is 5.32 Å². The number of amides is 2. The predicted octanol–water partition coefficient (Wildman–Crippen LogP) is 2.69. The second-order valence-electron chi connectivity index (χ2n) is 8.44. The van der Waals surface area contributed by atoms with Crippen molar-refractivity contribution in [2.45, 2.75) is 36.4 Å². The molecule has 2 saturated carbocycles. The lowest BCUT2D eigenvalue weighted by molar-refractivity contribution is -0.140. The number of rotatable bonds is 2. The van der Waals surface area contributed by atoms with E-state index >= 15 is 0 Å². The normalized spacial score (nSPS) is 36.9. The molecule has 1 aromatic carbocycles. The number of halogens is 3. The minimum absolute atomic E-state index is 0.0836. The van der Waals surface area contributed by atoms with Crippen LogP contribution in [0.3, 0.4) is 0 Å². The summed E-state index contributed by atoms with van der Waals surface area (Å²) in [6.07, 6.45) is -2.67. The van der Waals surface area contributed by atoms with E-state index in [9.17, 15) is 22.8 Å². The first-order valence-corrected chi connectivity index (χ1v) is 9.12. The summed E-state index contributed by atoms with van der Waals surface area (Å²) in [5.41, 5.74) is -0.333. The van der Waals surface area contributed by atoms with Gasteiger partial charge in [0.2, 0.25) is 5.91 Å². The van der Waals surface area contributed by atoms with Crippen molar-refractivity contribution in [3.05, 3.63) is 35.4 Å². The van der Waals surface area contributed by atoms with Crippen LogP contribution in [0.15, 0.2) is 24.3 Å². The van der Waals surface area contributed by atoms with Crippen LogP contribution >= 0.6 is 0 Å². The standard InChI is InChI=1S/C19H19F3N2O3/c20-19(21,22)13-3-1-12(2-4-13)18-7-14(18)8-24(9-18)15(25)11-5-17(6-11)10-27-16(26)23-17/h1-4,11,14H,5-10H2,(H,23,26)/t11-,14?,17+,18?. The Labute approximate surface area is 153 Å². The molecule has 2 aliphatic heterocycles. The summed E-state index contributed by atoms with van der Waals surface area (Å²) in [7, 11) is 0. The average molecular weight is 380 g/mol. The van der Waals surface area contributed by atoms with Crippen molar-refractivity contribution in [2.24, 2.45) is 11.8 Å². The van der Waals surface area contributed by atoms with Gasteiger partial charge in [-0.2, -0.15) is 13.2 Å². The molecule has 2 unspecified atom stereocenters. The summed E-state index contributed by atoms with van der Waals surface area (Å²) in [6, 6.07) is 5.37. The molecule has 4 fully saturated rings. The molecule has 0 aromatic heterocycles. The van der Waals surface area contributed by atoms with Crippen LogP contribution in [0.2, 0.25) is 0 Å². The molecule has 5 nitrogen and oxygen atoms in total. The van der Waals surface area contributed by atoms with E-state index in [4.69, 9.17) is 4.74 Å². The van der Waals surface area contributed by atoms with Crippen molar-refractivity contribution >= 4 is 12.0 Å². The molecule has 27 heavy (non-hydrogen) atoms. The smallest absolute Gasteiger partial charge is 0.416 e. The Morgan fingerprint density at radius 2 is 1.89 bits per heavy atom. The number of cyclic esters (lactones) is 1. The number of fused-ring (bicyclic) bond motifs is 1. The van der Waals surface area contributed by atoms with Crippen molar-refractivity contribution < 1.29 is 27.5 Å². The van der Waals surface area contributed by atoms with Gasteiger partial charge in [-0.1, -0.05) is 12.1 Å². The highest BCUT2D eigenvalue weighted by atomic mass is 19.4. The lowest BCUT2D eigenvalue weighted by Gasteiger charge is -2.43. The number of carbonyl (C=O) groups is 2. The minimum Gasteiger partial charge on any atom is -0.447 e. The van der Waals surface area contributed by atoms with Crippen LogP contribution in [-0.4, -0.2) is 42.1 Å². The Hall–Kier alpha value is -2.25. The van der Waals surface area contributed by atoms with Gasteiger partial charge in [-0.25, -0.2) is 4.79 Å². The Balaban J connectivity index is 1.24. The van der Waals surface area contributed by atoms with Crippen molar-refractivity contribution in [3.63, 3.8) is 0 Å². The van der Waals surface area contributed by atoms with Crippen molar-refractivity contribution in [2.75, 3.05) is 19.7 Å². The lowest BCUT2D eigenvalue weighted by Crippen LogP contribution is -2.58. The monoisotopic (exact) mass is 380 g/mol. The maximum atomic E-state index is 12.8. The number of benzene rings is 1. The van der Waals surface area contributed by atoms with E-state index in [1.807, 2.05) is 4.90 Å². The number of alkyl halides is 3. The zero-order valence-electron chi connectivity index (χ0n) is 14.5. The first-order chi connectivity index (χ1) is 12.7. The van der Waals surface area contributed by atoms with Crippen molar-refractivity contribution in [3.8, 4) is 0 Å². The molecule has 2 amide bonds. The molecular weight excluding hydrogens is 361 g/mol. The van der Waals surface area contributed by atoms with Gasteiger partial charge in [0.15, 0.2) is 0 Å². The number of nitrogens with zero attached hydrogens (tertiary/aromatic N) is 1. The van der Waals surface area contributed by atoms with E-state index in [0.717, 1.165) is 24.1 Å². The van der Waals surface area contributed by atoms with E-state index in [1.165, 1.54) is 0 Å². The molecule has 4 aliphatic rings. The third kappa shape index (κ3) is 2.52. The SMILES string of the molecule is O=C1N[C@]2(CO1)C[C@H](C(=O)N1CC3CC3(c3ccc(C(F)(F)F)cc3)C1)C2. The van der Waals surface area contributed by atoms with Crippen LogP contribution < -0.4 is 5.32 Å². The molecule has 1 spiro atoms. The highest BCUT2D eigenvalue weighted by molar-refractivity contribution is 5.82. The Kier molecular flexibility index (Phi) is 3.24. The summed E-state index contributed by atoms with van der Waals surface area (Å²) in [5, 5.41) is 2.79. The Morgan fingerprint density at radius 3 is 2.48 bits per heavy atom. The van der Waals surface area contributed by atoms with Crippen LogP contribution in [0.1, 0.15) is 30.4 Å². The molecule has 2 heterocycles. The largest absolute Gasteiger partial charge is 0.447 e. The van der Waals surface area contributed by atoms with Gasteiger partial charge in [0.05, 0.1) is 11.1 Å². The molecule has 2 aliphatic carbocycles. The fourth-order valence-electron chi connectivity index (χ4n) is 5.12. The van der Waals surface area contributed by atoms with Gasteiger partial charge in [0.25, 0.3) is 0 Å². The summed E-state index contributed by atoms with van der Waals surface area (Å²) >= 11 is 0. The number of nitrogens with one attached hydrogen (secondary N) is 1. The third-order valence-electron chi connectivity index (χ3n) is 6.71. The molecule has 8 heteroatoms. The second kappa shape index (κ2) is 5.17. The summed E-state index contributed by atoms with van der Waals surface area (Å²) in [6.45, 7) is 1.54. The number of ether oxygens (including phenoxy) is 1. The number of carbonyl (C=O) groups excluding carboxylic acids is 2. The van der Waals surface area contributed by atoms with E-state index in [1.54, 1.807) is 12.1 Å². The van der Waals surface area contributed by atoms with E-state index in [-0.39, 0.29) is 22.8 Å². The first kappa shape index (κ1) is 16.9. The van der Waals surface area contributed by atoms with Gasteiger partial charge < -0.3 is 15.0 Å². The lowest BCUT2D eigenvalue weighted by atomic mass is 9.68. The van der Waals surface area contributed by atoms with Gasteiger partial charge in [0.1, 0.15) is 6.61 Å². The molecule has 0 radical (unpaired) electrons. The average Bonchev–Trinajstić information content (AvgIpc) is 2.96. The topological polar surface area (TPSA) is 58.6 Å². The van der Waals surface area contributed by atoms with Crippen molar-refractivity contribution in [1.29, 1.82) is 0 Å². The fraction of sp³-hybridized carbons (Fsp3) is 0.579. The molecule has 0 bridgehead atoms. The minimum atomic E-state index is -4.34. The predicted molar refractivity (Wildman–Crippen MR) is 87.7 cm³/mol. The molecule has 2 saturated heterocycles. The fourth-order valence-corrected chi connectivity index (χ4v) is 5.12. The zero-order valence-corrected chi connectivity index (χ0v) is 14.5. The third-order valence-corrected chi connectivity index (χ3v) is 6.71. The van der Waals surface area contributed by atoms with Gasteiger partial charge in [-0.15, -0.1) is 0 Å². The van der Waals surface area contributed by atoms with Crippen LogP contribution in [0.25, 0.3) is 0 Å². The summed E-state index contributed by atoms with van der Waals surface area (Å²) in [5.74, 6) is 0.288. The molecule has 1 N–H and O–H groups in total. The van der Waals surface area contributed by atoms with Crippen LogP contribution in [0, 0.1) is 11.8 Å². The molecule has 1 aromatic rings. The van der Waals surface area contributed by atoms with Gasteiger partial charge in [0, 0.05) is 24.4 Å². The van der Waals surface area contributed by atoms with Crippen LogP contribution in [0.4, 0.5) is 18.0 Å². The first-order valence-electron chi connectivity index (χ1n) is 9.12. The molecule has 2 atom stereocenters. The number of hydrogen-bond acceptors (Lipinski definition) is 3. The summed E-state index contributed by atoms with van der Waals surface area (Å²) in [4.78, 5) is 25.9. The van der Waals surface area contributed by atoms with Crippen LogP contribution in [-0.2, 0) is 21.1 Å². The van der Waals surface area contributed by atoms with Gasteiger partial charge >= 0.3 is 12.3 Å². The number of likely N-dealkylation sites (tertiary alicyclic amines) is 1. The van der Waals surface area contributed by atoms with Crippen molar-refractivity contribution in [1.82, 2.24) is 10.2 Å². The Morgan fingerprint density at radius 1 is 1.19 bits per heavy atom. The second-order valence-corrected chi connectivity index (χ2v) is 8.44. The number of alkyl carbamates (subject to hydrolysis) is 1. The van der Waals surface area contributed by atoms with E-state index in [0.29, 0.717) is 38.5 Å². The number of piperidine rings is 1. The highest BCUT2D eigenvalue weighted by Gasteiger charge is 2.63.